The van der Waals surface area contributed by atoms with E-state index in [1.54, 1.807) is 11.9 Å². The minimum atomic E-state index is -0.217. The summed E-state index contributed by atoms with van der Waals surface area (Å²) in [6.45, 7) is 6.58. The molecule has 2 atom stereocenters. The highest BCUT2D eigenvalue weighted by Crippen LogP contribution is 2.36. The second kappa shape index (κ2) is 6.98. The van der Waals surface area contributed by atoms with Gasteiger partial charge in [-0.3, -0.25) is 9.59 Å². The third-order valence-corrected chi connectivity index (χ3v) is 5.76. The van der Waals surface area contributed by atoms with Crippen LogP contribution in [0.1, 0.15) is 45.0 Å². The molecule has 27 heavy (non-hydrogen) atoms. The number of imidazole rings is 1. The van der Waals surface area contributed by atoms with E-state index in [4.69, 9.17) is 4.98 Å². The molecular formula is C21H28N4O2. The van der Waals surface area contributed by atoms with Crippen molar-refractivity contribution in [1.82, 2.24) is 19.4 Å². The molecule has 2 aliphatic heterocycles. The van der Waals surface area contributed by atoms with Crippen LogP contribution in [0.3, 0.4) is 0 Å². The predicted octanol–water partition coefficient (Wildman–Crippen LogP) is 2.83. The zero-order valence-corrected chi connectivity index (χ0v) is 16.4. The van der Waals surface area contributed by atoms with Crippen molar-refractivity contribution < 1.29 is 9.59 Å². The number of amides is 2. The van der Waals surface area contributed by atoms with Crippen LogP contribution in [0.5, 0.6) is 0 Å². The molecule has 3 heterocycles. The van der Waals surface area contributed by atoms with Gasteiger partial charge in [0.1, 0.15) is 5.82 Å². The average molecular weight is 368 g/mol. The number of hydrogen-bond acceptors (Lipinski definition) is 3. The van der Waals surface area contributed by atoms with Gasteiger partial charge in [-0.05, 0) is 30.9 Å². The fourth-order valence-corrected chi connectivity index (χ4v) is 4.47. The maximum atomic E-state index is 13.2. The summed E-state index contributed by atoms with van der Waals surface area (Å²) in [4.78, 5) is 33.6. The highest BCUT2D eigenvalue weighted by molar-refractivity contribution is 5.89. The Hall–Kier alpha value is -2.37. The lowest BCUT2D eigenvalue weighted by Crippen LogP contribution is -2.37. The van der Waals surface area contributed by atoms with Gasteiger partial charge in [0.2, 0.25) is 11.8 Å². The monoisotopic (exact) mass is 368 g/mol. The lowest BCUT2D eigenvalue weighted by Gasteiger charge is -2.27. The van der Waals surface area contributed by atoms with Crippen LogP contribution in [0.15, 0.2) is 24.3 Å². The first-order valence-electron chi connectivity index (χ1n) is 9.95. The normalized spacial score (nSPS) is 23.2. The molecule has 6 heteroatoms. The van der Waals surface area contributed by atoms with Gasteiger partial charge in [0.05, 0.1) is 23.0 Å². The molecule has 4 rings (SSSR count). The molecule has 144 valence electrons. The maximum Gasteiger partial charge on any atom is 0.228 e. The Balaban J connectivity index is 1.67. The SMILES string of the molecule is CC(C)Cn1c([C@@H]2CCCN2C(=O)C2CC(=O)N(C)C2)nc2ccccc21. The molecule has 0 spiro atoms. The Morgan fingerprint density at radius 1 is 1.30 bits per heavy atom. The summed E-state index contributed by atoms with van der Waals surface area (Å²) in [5.41, 5.74) is 2.12. The van der Waals surface area contributed by atoms with Crippen molar-refractivity contribution >= 4 is 22.8 Å². The van der Waals surface area contributed by atoms with Gasteiger partial charge in [0, 0.05) is 33.1 Å². The van der Waals surface area contributed by atoms with Crippen molar-refractivity contribution in [2.24, 2.45) is 11.8 Å². The summed E-state index contributed by atoms with van der Waals surface area (Å²) in [5, 5.41) is 0. The van der Waals surface area contributed by atoms with Gasteiger partial charge in [-0.2, -0.15) is 0 Å². The van der Waals surface area contributed by atoms with Crippen molar-refractivity contribution in [2.75, 3.05) is 20.1 Å². The third kappa shape index (κ3) is 3.22. The van der Waals surface area contributed by atoms with Crippen LogP contribution in [0.4, 0.5) is 0 Å². The smallest absolute Gasteiger partial charge is 0.228 e. The van der Waals surface area contributed by atoms with E-state index in [-0.39, 0.29) is 23.8 Å². The molecule has 2 fully saturated rings. The summed E-state index contributed by atoms with van der Waals surface area (Å²) in [5.74, 6) is 1.45. The Kier molecular flexibility index (Phi) is 4.66. The van der Waals surface area contributed by atoms with E-state index in [1.807, 2.05) is 23.1 Å². The zero-order valence-electron chi connectivity index (χ0n) is 16.4. The number of carbonyl (C=O) groups is 2. The van der Waals surface area contributed by atoms with E-state index in [0.29, 0.717) is 18.9 Å². The third-order valence-electron chi connectivity index (χ3n) is 5.76. The molecule has 1 aromatic heterocycles. The highest BCUT2D eigenvalue weighted by atomic mass is 16.2. The summed E-state index contributed by atoms with van der Waals surface area (Å²) in [6, 6.07) is 8.21. The first kappa shape index (κ1) is 18.0. The number of likely N-dealkylation sites (tertiary alicyclic amines) is 2. The molecule has 2 saturated heterocycles. The molecule has 2 aromatic rings. The van der Waals surface area contributed by atoms with E-state index >= 15 is 0 Å². The molecular weight excluding hydrogens is 340 g/mol. The van der Waals surface area contributed by atoms with Crippen LogP contribution in [-0.4, -0.2) is 51.3 Å². The minimum Gasteiger partial charge on any atom is -0.345 e. The maximum absolute atomic E-state index is 13.2. The largest absolute Gasteiger partial charge is 0.345 e. The van der Waals surface area contributed by atoms with Crippen LogP contribution in [-0.2, 0) is 16.1 Å². The second-order valence-electron chi connectivity index (χ2n) is 8.33. The fourth-order valence-electron chi connectivity index (χ4n) is 4.47. The van der Waals surface area contributed by atoms with Gasteiger partial charge < -0.3 is 14.4 Å². The first-order valence-corrected chi connectivity index (χ1v) is 9.95. The second-order valence-corrected chi connectivity index (χ2v) is 8.33. The number of nitrogens with zero attached hydrogens (tertiary/aromatic N) is 4. The molecule has 2 amide bonds. The predicted molar refractivity (Wildman–Crippen MR) is 104 cm³/mol. The molecule has 0 saturated carbocycles. The molecule has 0 bridgehead atoms. The van der Waals surface area contributed by atoms with E-state index in [1.165, 1.54) is 0 Å². The van der Waals surface area contributed by atoms with Crippen molar-refractivity contribution in [3.63, 3.8) is 0 Å². The minimum absolute atomic E-state index is 0.00431. The summed E-state index contributed by atoms with van der Waals surface area (Å²) >= 11 is 0. The number of para-hydroxylation sites is 2. The van der Waals surface area contributed by atoms with Crippen LogP contribution in [0, 0.1) is 11.8 Å². The van der Waals surface area contributed by atoms with Gasteiger partial charge in [-0.15, -0.1) is 0 Å². The Morgan fingerprint density at radius 2 is 2.07 bits per heavy atom. The lowest BCUT2D eigenvalue weighted by atomic mass is 10.1. The van der Waals surface area contributed by atoms with E-state index in [2.05, 4.69) is 24.5 Å². The molecule has 6 nitrogen and oxygen atoms in total. The quantitative estimate of drug-likeness (QED) is 0.834. The van der Waals surface area contributed by atoms with Crippen molar-refractivity contribution in [3.8, 4) is 0 Å². The van der Waals surface area contributed by atoms with Crippen LogP contribution < -0.4 is 0 Å². The Morgan fingerprint density at radius 3 is 2.78 bits per heavy atom. The van der Waals surface area contributed by atoms with Gasteiger partial charge >= 0.3 is 0 Å². The van der Waals surface area contributed by atoms with Gasteiger partial charge in [-0.1, -0.05) is 26.0 Å². The van der Waals surface area contributed by atoms with E-state index in [0.717, 1.165) is 42.8 Å². The number of fused-ring (bicyclic) bond motifs is 1. The summed E-state index contributed by atoms with van der Waals surface area (Å²) in [7, 11) is 1.78. The Labute approximate surface area is 160 Å². The average Bonchev–Trinajstić information content (AvgIpc) is 3.32. The van der Waals surface area contributed by atoms with Crippen LogP contribution >= 0.6 is 0 Å². The van der Waals surface area contributed by atoms with Crippen molar-refractivity contribution in [3.05, 3.63) is 30.1 Å². The van der Waals surface area contributed by atoms with Gasteiger partial charge in [0.25, 0.3) is 0 Å². The first-order chi connectivity index (χ1) is 13.0. The molecule has 2 aliphatic rings. The van der Waals surface area contributed by atoms with Crippen LogP contribution in [0.25, 0.3) is 11.0 Å². The number of hydrogen-bond donors (Lipinski definition) is 0. The van der Waals surface area contributed by atoms with E-state index < -0.39 is 0 Å². The molecule has 0 aliphatic carbocycles. The number of carbonyl (C=O) groups excluding carboxylic acids is 2. The van der Waals surface area contributed by atoms with E-state index in [9.17, 15) is 9.59 Å². The molecule has 1 unspecified atom stereocenters. The number of aromatic nitrogens is 2. The molecule has 0 N–H and O–H groups in total. The highest BCUT2D eigenvalue weighted by Gasteiger charge is 2.40. The van der Waals surface area contributed by atoms with Crippen LogP contribution in [0.2, 0.25) is 0 Å². The lowest BCUT2D eigenvalue weighted by molar-refractivity contribution is -0.136. The number of benzene rings is 1. The molecule has 0 radical (unpaired) electrons. The topological polar surface area (TPSA) is 58.4 Å². The van der Waals surface area contributed by atoms with Crippen molar-refractivity contribution in [2.45, 2.75) is 45.7 Å². The fraction of sp³-hybridized carbons (Fsp3) is 0.571. The van der Waals surface area contributed by atoms with Gasteiger partial charge in [0.15, 0.2) is 0 Å². The summed E-state index contributed by atoms with van der Waals surface area (Å²) in [6.07, 6.45) is 2.25. The molecule has 1 aromatic carbocycles. The van der Waals surface area contributed by atoms with Gasteiger partial charge in [-0.25, -0.2) is 4.98 Å². The standard InChI is InChI=1S/C21H28N4O2/c1-14(2)12-25-17-8-5-4-7-16(17)22-20(25)18-9-6-10-24(18)21(27)15-11-19(26)23(3)13-15/h4-5,7-8,14-15,18H,6,9-13H2,1-3H3/t15?,18-/m0/s1. The Bertz CT molecular complexity index is 872. The van der Waals surface area contributed by atoms with Crippen molar-refractivity contribution in [1.29, 1.82) is 0 Å². The summed E-state index contributed by atoms with van der Waals surface area (Å²) < 4.78 is 2.29. The zero-order chi connectivity index (χ0) is 19.1. The number of rotatable bonds is 4.